The number of nitrogens with zero attached hydrogens (tertiary/aromatic N) is 4. The fraction of sp³-hybridized carbons (Fsp3) is 0.481. The first-order chi connectivity index (χ1) is 32.7. The lowest BCUT2D eigenvalue weighted by atomic mass is 9.70. The van der Waals surface area contributed by atoms with Crippen LogP contribution in [0.4, 0.5) is 26.3 Å². The van der Waals surface area contributed by atoms with E-state index in [1.807, 2.05) is 26.0 Å². The summed E-state index contributed by atoms with van der Waals surface area (Å²) in [7, 11) is 2.71. The van der Waals surface area contributed by atoms with E-state index in [1.165, 1.54) is 38.5 Å². The number of aromatic nitrogens is 4. The average Bonchev–Trinajstić information content (AvgIpc) is 3.77. The number of ether oxygens (including phenoxy) is 4. The van der Waals surface area contributed by atoms with Crippen LogP contribution >= 0.6 is 0 Å². The second-order valence-electron chi connectivity index (χ2n) is 21.0. The number of hydrogen-bond acceptors (Lipinski definition) is 8. The number of carbonyl (C=O) groups excluding carboxylic acids is 2. The summed E-state index contributed by atoms with van der Waals surface area (Å²) >= 11 is 0. The van der Waals surface area contributed by atoms with Crippen molar-refractivity contribution in [1.82, 2.24) is 19.1 Å². The van der Waals surface area contributed by atoms with Gasteiger partial charge in [0.25, 0.3) is 0 Å². The lowest BCUT2D eigenvalue weighted by Gasteiger charge is -2.40. The number of rotatable bonds is 10. The number of methoxy groups -OCH3 is 2. The summed E-state index contributed by atoms with van der Waals surface area (Å²) in [5, 5.41) is 0. The van der Waals surface area contributed by atoms with Gasteiger partial charge < -0.3 is 28.1 Å². The Balaban J connectivity index is 0.000000206. The van der Waals surface area contributed by atoms with E-state index in [9.17, 15) is 35.9 Å². The van der Waals surface area contributed by atoms with Gasteiger partial charge in [-0.1, -0.05) is 65.8 Å². The van der Waals surface area contributed by atoms with Gasteiger partial charge in [-0.15, -0.1) is 26.3 Å². The van der Waals surface area contributed by atoms with Gasteiger partial charge in [0.05, 0.1) is 47.4 Å². The fourth-order valence-corrected chi connectivity index (χ4v) is 11.3. The Hall–Kier alpha value is -6.06. The van der Waals surface area contributed by atoms with Gasteiger partial charge in [-0.2, -0.15) is 0 Å². The molecule has 2 aliphatic rings. The first-order valence-corrected chi connectivity index (χ1v) is 23.6. The van der Waals surface area contributed by atoms with Gasteiger partial charge in [0, 0.05) is 24.9 Å². The standard InChI is InChI=1S/2C27H31F3N2O3/c2*1-16-10-19(15-26(3,4)14-16)32-23-11-17(2)21(25(33)34-5)13-22(23)31-24(32)12-18-6-8-20(9-7-18)35-27(28,29)30/h2*6-9,11,13,16,19H,10,12,14-15H2,1-5H3/t2*16-,19+/m10/s1. The van der Waals surface area contributed by atoms with Crippen molar-refractivity contribution in [3.8, 4) is 11.5 Å². The molecule has 6 aromatic rings. The van der Waals surface area contributed by atoms with Crippen molar-refractivity contribution in [3.05, 3.63) is 118 Å². The first-order valence-electron chi connectivity index (χ1n) is 23.6. The minimum atomic E-state index is -4.73. The quantitative estimate of drug-likeness (QED) is 0.0987. The molecule has 0 bridgehead atoms. The molecule has 0 aliphatic heterocycles. The number of benzene rings is 4. The van der Waals surface area contributed by atoms with Gasteiger partial charge >= 0.3 is 24.7 Å². The molecule has 16 heteroatoms. The number of imidazole rings is 2. The Labute approximate surface area is 404 Å². The van der Waals surface area contributed by atoms with Crippen LogP contribution in [-0.4, -0.2) is 58.0 Å². The molecule has 8 rings (SSSR count). The molecule has 2 fully saturated rings. The van der Waals surface area contributed by atoms with E-state index in [1.54, 1.807) is 36.4 Å². The van der Waals surface area contributed by atoms with Crippen LogP contribution in [0, 0.1) is 36.5 Å². The van der Waals surface area contributed by atoms with Crippen molar-refractivity contribution in [3.63, 3.8) is 0 Å². The molecule has 2 aromatic heterocycles. The molecular weight excluding hydrogens is 915 g/mol. The van der Waals surface area contributed by atoms with Crippen LogP contribution in [-0.2, 0) is 22.3 Å². The molecule has 10 nitrogen and oxygen atoms in total. The minimum Gasteiger partial charge on any atom is -0.465 e. The second kappa shape index (κ2) is 20.0. The minimum absolute atomic E-state index is 0.174. The summed E-state index contributed by atoms with van der Waals surface area (Å²) in [6.07, 6.45) is -2.26. The summed E-state index contributed by atoms with van der Waals surface area (Å²) in [5.41, 5.74) is 7.90. The molecular formula is C54H62F6N4O6. The molecule has 70 heavy (non-hydrogen) atoms. The smallest absolute Gasteiger partial charge is 0.465 e. The zero-order valence-electron chi connectivity index (χ0n) is 41.4. The Bertz CT molecular complexity index is 2650. The molecule has 0 saturated heterocycles. The van der Waals surface area contributed by atoms with Crippen molar-refractivity contribution < 1.29 is 54.9 Å². The maximum absolute atomic E-state index is 12.5. The lowest BCUT2D eigenvalue weighted by Crippen LogP contribution is -2.30. The summed E-state index contributed by atoms with van der Waals surface area (Å²) in [5.74, 6) is 1.40. The molecule has 4 aromatic carbocycles. The number of fused-ring (bicyclic) bond motifs is 2. The van der Waals surface area contributed by atoms with Gasteiger partial charge in [-0.3, -0.25) is 0 Å². The van der Waals surface area contributed by atoms with E-state index in [-0.39, 0.29) is 34.4 Å². The molecule has 2 saturated carbocycles. The normalized spacial score (nSPS) is 20.1. The highest BCUT2D eigenvalue weighted by Gasteiger charge is 2.37. The SMILES string of the molecule is COC(=O)c1cc2nc(Cc3ccc(OC(F)(F)F)cc3)n([C@@H]3C[C@H](C)CC(C)(C)C3)c2cc1C.COC(=O)c1cc2nc(Cc3ccc(OC(F)(F)F)cc3)n([C@H]3C[C@@H](C)CC(C)(C)C3)c2cc1C. The van der Waals surface area contributed by atoms with Crippen LogP contribution in [0.5, 0.6) is 11.5 Å². The Morgan fingerprint density at radius 1 is 0.586 bits per heavy atom. The summed E-state index contributed by atoms with van der Waals surface area (Å²) in [4.78, 5) is 34.3. The van der Waals surface area contributed by atoms with E-state index < -0.39 is 24.7 Å². The van der Waals surface area contributed by atoms with Crippen LogP contribution in [0.25, 0.3) is 22.1 Å². The van der Waals surface area contributed by atoms with Crippen molar-refractivity contribution in [1.29, 1.82) is 0 Å². The van der Waals surface area contributed by atoms with E-state index >= 15 is 0 Å². The number of hydrogen-bond donors (Lipinski definition) is 0. The van der Waals surface area contributed by atoms with Crippen LogP contribution in [0.3, 0.4) is 0 Å². The van der Waals surface area contributed by atoms with Gasteiger partial charge in [0.1, 0.15) is 23.1 Å². The van der Waals surface area contributed by atoms with Crippen LogP contribution < -0.4 is 9.47 Å². The number of esters is 2. The highest BCUT2D eigenvalue weighted by molar-refractivity contribution is 5.96. The Kier molecular flexibility index (Phi) is 14.8. The van der Waals surface area contributed by atoms with E-state index in [4.69, 9.17) is 19.4 Å². The molecule has 4 atom stereocenters. The summed E-state index contributed by atoms with van der Waals surface area (Å²) in [6.45, 7) is 17.5. The zero-order chi connectivity index (χ0) is 51.1. The number of alkyl halides is 6. The molecule has 0 unspecified atom stereocenters. The Morgan fingerprint density at radius 2 is 0.929 bits per heavy atom. The molecule has 376 valence electrons. The fourth-order valence-electron chi connectivity index (χ4n) is 11.3. The van der Waals surface area contributed by atoms with Crippen molar-refractivity contribution in [2.75, 3.05) is 14.2 Å². The van der Waals surface area contributed by atoms with Crippen molar-refractivity contribution >= 4 is 34.0 Å². The second-order valence-corrected chi connectivity index (χ2v) is 21.0. The van der Waals surface area contributed by atoms with Gasteiger partial charge in [-0.25, -0.2) is 19.6 Å². The van der Waals surface area contributed by atoms with E-state index in [0.29, 0.717) is 46.8 Å². The third kappa shape index (κ3) is 12.4. The van der Waals surface area contributed by atoms with Gasteiger partial charge in [0.2, 0.25) is 0 Å². The molecule has 0 spiro atoms. The molecule has 0 amide bonds. The first kappa shape index (κ1) is 51.8. The molecule has 0 radical (unpaired) electrons. The van der Waals surface area contributed by atoms with Crippen LogP contribution in [0.15, 0.2) is 72.8 Å². The monoisotopic (exact) mass is 976 g/mol. The summed E-state index contributed by atoms with van der Waals surface area (Å²) in [6, 6.07) is 19.8. The maximum atomic E-state index is 12.5. The van der Waals surface area contributed by atoms with Crippen molar-refractivity contribution in [2.24, 2.45) is 22.7 Å². The highest BCUT2D eigenvalue weighted by atomic mass is 19.4. The predicted octanol–water partition coefficient (Wildman–Crippen LogP) is 14.0. The number of carbonyl (C=O) groups is 2. The molecule has 2 heterocycles. The van der Waals surface area contributed by atoms with Crippen LogP contribution in [0.2, 0.25) is 0 Å². The van der Waals surface area contributed by atoms with Gasteiger partial charge in [0.15, 0.2) is 0 Å². The zero-order valence-corrected chi connectivity index (χ0v) is 41.4. The largest absolute Gasteiger partial charge is 0.573 e. The number of halogens is 6. The van der Waals surface area contributed by atoms with E-state index in [0.717, 1.165) is 83.5 Å². The molecule has 2 aliphatic carbocycles. The summed E-state index contributed by atoms with van der Waals surface area (Å²) < 4.78 is 97.7. The topological polar surface area (TPSA) is 107 Å². The molecule has 0 N–H and O–H groups in total. The third-order valence-corrected chi connectivity index (χ3v) is 13.5. The Morgan fingerprint density at radius 3 is 1.23 bits per heavy atom. The lowest BCUT2D eigenvalue weighted by molar-refractivity contribution is -0.275. The highest BCUT2D eigenvalue weighted by Crippen LogP contribution is 2.47. The van der Waals surface area contributed by atoms with Crippen LogP contribution in [0.1, 0.15) is 147 Å². The number of aryl methyl sites for hydroxylation is 2. The van der Waals surface area contributed by atoms with E-state index in [2.05, 4.69) is 60.2 Å². The van der Waals surface area contributed by atoms with Gasteiger partial charge in [-0.05, 0) is 146 Å². The predicted molar refractivity (Wildman–Crippen MR) is 255 cm³/mol. The third-order valence-electron chi connectivity index (χ3n) is 13.5. The average molecular weight is 977 g/mol. The maximum Gasteiger partial charge on any atom is 0.573 e. The van der Waals surface area contributed by atoms with Crippen molar-refractivity contribution in [2.45, 2.75) is 132 Å².